The number of fused-ring (bicyclic) bond motifs is 1. The Balaban J connectivity index is 2.22. The number of hydrogen-bond donors (Lipinski definition) is 0. The molecule has 0 bridgehead atoms. The Labute approximate surface area is 168 Å². The van der Waals surface area contributed by atoms with Crippen molar-refractivity contribution in [1.82, 2.24) is 4.57 Å². The predicted molar refractivity (Wildman–Crippen MR) is 105 cm³/mol. The van der Waals surface area contributed by atoms with Gasteiger partial charge in [-0.2, -0.15) is 4.99 Å². The molecule has 27 heavy (non-hydrogen) atoms. The second-order valence-corrected chi connectivity index (χ2v) is 7.25. The molecule has 0 N–H and O–H groups in total. The second kappa shape index (κ2) is 8.12. The topological polar surface area (TPSA) is 69.9 Å². The lowest BCUT2D eigenvalue weighted by Gasteiger charge is -2.07. The van der Waals surface area contributed by atoms with Gasteiger partial charge in [0.05, 0.1) is 29.5 Å². The van der Waals surface area contributed by atoms with Crippen molar-refractivity contribution in [2.75, 3.05) is 14.2 Å². The Kier molecular flexibility index (Phi) is 5.84. The van der Waals surface area contributed by atoms with E-state index in [1.165, 1.54) is 37.7 Å². The Morgan fingerprint density at radius 3 is 2.67 bits per heavy atom. The highest BCUT2D eigenvalue weighted by Crippen LogP contribution is 2.27. The number of carbonyl (C=O) groups is 2. The van der Waals surface area contributed by atoms with Gasteiger partial charge in [-0.05, 0) is 30.3 Å². The number of esters is 1. The van der Waals surface area contributed by atoms with Crippen LogP contribution in [0.1, 0.15) is 10.4 Å². The van der Waals surface area contributed by atoms with Crippen LogP contribution in [-0.4, -0.2) is 30.7 Å². The third-order valence-corrected chi connectivity index (χ3v) is 5.36. The van der Waals surface area contributed by atoms with Crippen molar-refractivity contribution in [3.8, 4) is 5.75 Å². The summed E-state index contributed by atoms with van der Waals surface area (Å²) in [6.45, 7) is -0.119. The monoisotopic (exact) mass is 424 g/mol. The molecule has 0 aliphatic carbocycles. The van der Waals surface area contributed by atoms with E-state index in [1.807, 2.05) is 12.1 Å². The van der Waals surface area contributed by atoms with Crippen molar-refractivity contribution in [2.24, 2.45) is 4.99 Å². The van der Waals surface area contributed by atoms with Gasteiger partial charge in [0.1, 0.15) is 17.8 Å². The number of ether oxygens (including phenoxy) is 2. The van der Waals surface area contributed by atoms with Gasteiger partial charge in [-0.3, -0.25) is 9.59 Å². The van der Waals surface area contributed by atoms with Crippen LogP contribution in [0.3, 0.4) is 0 Å². The lowest BCUT2D eigenvalue weighted by atomic mass is 10.2. The Hall–Kier alpha value is -2.35. The zero-order valence-corrected chi connectivity index (χ0v) is 16.7. The maximum absolute atomic E-state index is 12.7. The first-order chi connectivity index (χ1) is 12.9. The summed E-state index contributed by atoms with van der Waals surface area (Å²) in [7, 11) is 2.82. The fourth-order valence-corrected chi connectivity index (χ4v) is 3.91. The Bertz CT molecular complexity index is 1100. The first-order valence-electron chi connectivity index (χ1n) is 7.72. The Morgan fingerprint density at radius 2 is 1.96 bits per heavy atom. The molecule has 1 amide bonds. The summed E-state index contributed by atoms with van der Waals surface area (Å²) in [4.78, 5) is 29.0. The number of thiazole rings is 1. The van der Waals surface area contributed by atoms with Gasteiger partial charge in [0.25, 0.3) is 5.91 Å². The Morgan fingerprint density at radius 1 is 1.19 bits per heavy atom. The number of hydrogen-bond acceptors (Lipinski definition) is 5. The third kappa shape index (κ3) is 4.00. The van der Waals surface area contributed by atoms with E-state index in [-0.39, 0.29) is 17.1 Å². The molecule has 0 atom stereocenters. The molecule has 1 heterocycles. The molecule has 0 saturated carbocycles. The number of amides is 1. The first-order valence-corrected chi connectivity index (χ1v) is 9.29. The smallest absolute Gasteiger partial charge is 0.325 e. The highest BCUT2D eigenvalue weighted by Gasteiger charge is 2.16. The predicted octanol–water partition coefficient (Wildman–Crippen LogP) is 3.93. The van der Waals surface area contributed by atoms with E-state index in [1.54, 1.807) is 16.7 Å². The average molecular weight is 425 g/mol. The molecule has 3 rings (SSSR count). The number of rotatable bonds is 4. The fraction of sp³-hybridized carbons (Fsp3) is 0.167. The standard InChI is InChI=1S/C18H14Cl2N2O4S/c1-25-13-4-3-5-14-16(13)22(9-15(23)26-2)18(27-14)21-17(24)11-8-10(19)6-7-12(11)20/h3-8H,9H2,1-2H3. The molecular formula is C18H14Cl2N2O4S. The molecule has 0 unspecified atom stereocenters. The highest BCUT2D eigenvalue weighted by atomic mass is 35.5. The number of para-hydroxylation sites is 1. The van der Waals surface area contributed by atoms with E-state index >= 15 is 0 Å². The first kappa shape index (κ1) is 19.4. The van der Waals surface area contributed by atoms with Crippen molar-refractivity contribution in [3.63, 3.8) is 0 Å². The quantitative estimate of drug-likeness (QED) is 0.594. The molecule has 6 nitrogen and oxygen atoms in total. The minimum atomic E-state index is -0.563. The lowest BCUT2D eigenvalue weighted by Crippen LogP contribution is -2.22. The van der Waals surface area contributed by atoms with Crippen LogP contribution in [0.25, 0.3) is 10.2 Å². The van der Waals surface area contributed by atoms with Crippen LogP contribution in [0.2, 0.25) is 10.0 Å². The summed E-state index contributed by atoms with van der Waals surface area (Å²) < 4.78 is 12.5. The summed E-state index contributed by atoms with van der Waals surface area (Å²) >= 11 is 13.3. The van der Waals surface area contributed by atoms with Gasteiger partial charge in [0.15, 0.2) is 4.80 Å². The lowest BCUT2D eigenvalue weighted by molar-refractivity contribution is -0.141. The van der Waals surface area contributed by atoms with Crippen LogP contribution in [-0.2, 0) is 16.1 Å². The van der Waals surface area contributed by atoms with Gasteiger partial charge in [-0.1, -0.05) is 40.6 Å². The molecule has 0 saturated heterocycles. The maximum Gasteiger partial charge on any atom is 0.325 e. The molecule has 2 aromatic carbocycles. The van der Waals surface area contributed by atoms with E-state index in [2.05, 4.69) is 4.99 Å². The number of benzene rings is 2. The summed E-state index contributed by atoms with van der Waals surface area (Å²) in [5.41, 5.74) is 0.831. The number of methoxy groups -OCH3 is 2. The van der Waals surface area contributed by atoms with E-state index in [4.69, 9.17) is 32.7 Å². The van der Waals surface area contributed by atoms with Gasteiger partial charge in [0, 0.05) is 5.02 Å². The van der Waals surface area contributed by atoms with Gasteiger partial charge in [0.2, 0.25) is 0 Å². The average Bonchev–Trinajstić information content (AvgIpc) is 3.00. The third-order valence-electron chi connectivity index (χ3n) is 3.75. The minimum Gasteiger partial charge on any atom is -0.495 e. The number of aromatic nitrogens is 1. The largest absolute Gasteiger partial charge is 0.495 e. The van der Waals surface area contributed by atoms with Crippen LogP contribution in [0.4, 0.5) is 0 Å². The number of nitrogens with zero attached hydrogens (tertiary/aromatic N) is 2. The molecule has 140 valence electrons. The van der Waals surface area contributed by atoms with Crippen molar-refractivity contribution in [1.29, 1.82) is 0 Å². The van der Waals surface area contributed by atoms with Crippen LogP contribution < -0.4 is 9.54 Å². The maximum atomic E-state index is 12.7. The zero-order valence-electron chi connectivity index (χ0n) is 14.4. The SMILES string of the molecule is COC(=O)Cn1c(=NC(=O)c2cc(Cl)ccc2Cl)sc2cccc(OC)c21. The van der Waals surface area contributed by atoms with Crippen LogP contribution >= 0.6 is 34.5 Å². The molecule has 9 heteroatoms. The van der Waals surface area contributed by atoms with Gasteiger partial charge in [-0.15, -0.1) is 0 Å². The fourth-order valence-electron chi connectivity index (χ4n) is 2.50. The molecule has 0 spiro atoms. The summed E-state index contributed by atoms with van der Waals surface area (Å²) in [5, 5.41) is 0.616. The van der Waals surface area contributed by atoms with Gasteiger partial charge >= 0.3 is 5.97 Å². The number of carbonyl (C=O) groups excluding carboxylic acids is 2. The van der Waals surface area contributed by atoms with E-state index in [9.17, 15) is 9.59 Å². The minimum absolute atomic E-state index is 0.119. The zero-order chi connectivity index (χ0) is 19.6. The van der Waals surface area contributed by atoms with E-state index in [0.29, 0.717) is 21.1 Å². The summed E-state index contributed by atoms with van der Waals surface area (Å²) in [5.74, 6) is -0.482. The summed E-state index contributed by atoms with van der Waals surface area (Å²) in [6.07, 6.45) is 0. The van der Waals surface area contributed by atoms with E-state index in [0.717, 1.165) is 4.70 Å². The molecule has 1 aromatic heterocycles. The summed E-state index contributed by atoms with van der Waals surface area (Å²) in [6, 6.07) is 10.0. The van der Waals surface area contributed by atoms with Crippen molar-refractivity contribution < 1.29 is 19.1 Å². The van der Waals surface area contributed by atoms with Gasteiger partial charge < -0.3 is 14.0 Å². The second-order valence-electron chi connectivity index (χ2n) is 5.40. The molecule has 0 radical (unpaired) electrons. The van der Waals surface area contributed by atoms with Crippen molar-refractivity contribution in [2.45, 2.75) is 6.54 Å². The normalized spacial score (nSPS) is 11.6. The van der Waals surface area contributed by atoms with Crippen LogP contribution in [0, 0.1) is 0 Å². The molecule has 0 aliphatic heterocycles. The van der Waals surface area contributed by atoms with Crippen molar-refractivity contribution >= 4 is 56.6 Å². The van der Waals surface area contributed by atoms with Gasteiger partial charge in [-0.25, -0.2) is 0 Å². The van der Waals surface area contributed by atoms with Crippen LogP contribution in [0.15, 0.2) is 41.4 Å². The molecule has 3 aromatic rings. The number of halogens is 2. The van der Waals surface area contributed by atoms with Crippen LogP contribution in [0.5, 0.6) is 5.75 Å². The highest BCUT2D eigenvalue weighted by molar-refractivity contribution is 7.16. The molecule has 0 fully saturated rings. The molecule has 0 aliphatic rings. The van der Waals surface area contributed by atoms with E-state index < -0.39 is 11.9 Å². The van der Waals surface area contributed by atoms with Crippen molar-refractivity contribution in [3.05, 3.63) is 56.8 Å². The molecular weight excluding hydrogens is 411 g/mol.